The molecule has 0 bridgehead atoms. The second-order valence-electron chi connectivity index (χ2n) is 4.31. The number of phenols is 2. The van der Waals surface area contributed by atoms with E-state index in [0.29, 0.717) is 3.95 Å². The molecule has 0 aliphatic heterocycles. The number of hydrogen-bond donors (Lipinski definition) is 3. The van der Waals surface area contributed by atoms with Gasteiger partial charge in [-0.3, -0.25) is 0 Å². The predicted molar refractivity (Wildman–Crippen MR) is 83.7 cm³/mol. The van der Waals surface area contributed by atoms with Gasteiger partial charge in [-0.1, -0.05) is 0 Å². The minimum absolute atomic E-state index is 0.230. The fourth-order valence-corrected chi connectivity index (χ4v) is 3.19. The summed E-state index contributed by atoms with van der Waals surface area (Å²) in [5, 5.41) is 18.7. The van der Waals surface area contributed by atoms with Crippen molar-refractivity contribution >= 4 is 23.6 Å². The molecule has 0 aliphatic rings. The Labute approximate surface area is 124 Å². The quantitative estimate of drug-likeness (QED) is 0.609. The molecule has 2 aromatic carbocycles. The fraction of sp³-hybridized carbons (Fsp3) is 0. The normalized spacial score (nSPS) is 10.6. The largest absolute Gasteiger partial charge is 0.508 e. The van der Waals surface area contributed by atoms with Gasteiger partial charge in [-0.25, -0.2) is 0 Å². The number of hydrogen-bond acceptors (Lipinski definition) is 4. The van der Waals surface area contributed by atoms with Crippen LogP contribution in [0.25, 0.3) is 21.7 Å². The van der Waals surface area contributed by atoms with Crippen molar-refractivity contribution in [1.29, 1.82) is 0 Å². The number of nitrogens with one attached hydrogen (secondary N) is 1. The zero-order chi connectivity index (χ0) is 14.1. The van der Waals surface area contributed by atoms with E-state index in [4.69, 9.17) is 12.2 Å². The van der Waals surface area contributed by atoms with E-state index in [0.717, 1.165) is 21.7 Å². The van der Waals surface area contributed by atoms with Crippen LogP contribution in [0.4, 0.5) is 0 Å². The van der Waals surface area contributed by atoms with Gasteiger partial charge in [0, 0.05) is 0 Å². The smallest absolute Gasteiger partial charge is 0.159 e. The molecule has 5 heteroatoms. The summed E-state index contributed by atoms with van der Waals surface area (Å²) in [4.78, 5) is 4.20. The van der Waals surface area contributed by atoms with Crippen LogP contribution in [0.3, 0.4) is 0 Å². The number of phenolic OH excluding ortho intramolecular Hbond substituents is 2. The van der Waals surface area contributed by atoms with Gasteiger partial charge in [0.05, 0.1) is 10.6 Å². The molecule has 3 nitrogen and oxygen atoms in total. The highest BCUT2D eigenvalue weighted by Gasteiger charge is 2.11. The molecule has 0 amide bonds. The lowest BCUT2D eigenvalue weighted by Crippen LogP contribution is -1.81. The van der Waals surface area contributed by atoms with Crippen LogP contribution in [-0.4, -0.2) is 15.2 Å². The highest BCUT2D eigenvalue weighted by molar-refractivity contribution is 7.73. The van der Waals surface area contributed by atoms with Crippen molar-refractivity contribution in [2.45, 2.75) is 0 Å². The summed E-state index contributed by atoms with van der Waals surface area (Å²) in [5.74, 6) is 0.466. The highest BCUT2D eigenvalue weighted by Crippen LogP contribution is 2.36. The third kappa shape index (κ3) is 2.45. The van der Waals surface area contributed by atoms with Gasteiger partial charge in [0.1, 0.15) is 11.5 Å². The maximum atomic E-state index is 9.37. The summed E-state index contributed by atoms with van der Waals surface area (Å²) in [6.07, 6.45) is 0. The third-order valence-corrected chi connectivity index (χ3v) is 4.22. The van der Waals surface area contributed by atoms with E-state index in [2.05, 4.69) is 4.98 Å². The zero-order valence-electron chi connectivity index (χ0n) is 10.3. The number of rotatable bonds is 2. The molecule has 0 aliphatic carbocycles. The van der Waals surface area contributed by atoms with Gasteiger partial charge >= 0.3 is 0 Å². The van der Waals surface area contributed by atoms with Gasteiger partial charge in [-0.05, 0) is 71.9 Å². The van der Waals surface area contributed by atoms with Crippen molar-refractivity contribution in [3.05, 3.63) is 52.5 Å². The first-order valence-corrected chi connectivity index (χ1v) is 7.18. The van der Waals surface area contributed by atoms with Crippen molar-refractivity contribution < 1.29 is 10.2 Å². The average molecular weight is 301 g/mol. The Kier molecular flexibility index (Phi) is 3.30. The van der Waals surface area contributed by atoms with Crippen molar-refractivity contribution in [2.75, 3.05) is 0 Å². The van der Waals surface area contributed by atoms with Crippen LogP contribution >= 0.6 is 23.6 Å². The molecular weight excluding hydrogens is 290 g/mol. The SMILES string of the molecule is Oc1ccc(-c2[nH]c(=S)sc2-c2ccc(O)cc2)cc1. The van der Waals surface area contributed by atoms with Crippen LogP contribution in [0, 0.1) is 3.95 Å². The summed E-state index contributed by atoms with van der Waals surface area (Å²) in [7, 11) is 0. The maximum absolute atomic E-state index is 9.37. The number of aromatic amines is 1. The highest BCUT2D eigenvalue weighted by atomic mass is 32.1. The van der Waals surface area contributed by atoms with E-state index in [1.54, 1.807) is 24.3 Å². The zero-order valence-corrected chi connectivity index (χ0v) is 12.0. The van der Waals surface area contributed by atoms with E-state index in [1.165, 1.54) is 11.3 Å². The van der Waals surface area contributed by atoms with E-state index in [1.807, 2.05) is 24.3 Å². The molecule has 0 saturated heterocycles. The van der Waals surface area contributed by atoms with Gasteiger partial charge < -0.3 is 15.2 Å². The van der Waals surface area contributed by atoms with Crippen LogP contribution in [0.5, 0.6) is 11.5 Å². The van der Waals surface area contributed by atoms with Crippen molar-refractivity contribution in [1.82, 2.24) is 4.98 Å². The summed E-state index contributed by atoms with van der Waals surface area (Å²) < 4.78 is 0.691. The molecule has 1 heterocycles. The topological polar surface area (TPSA) is 56.2 Å². The number of aromatic hydroxyl groups is 2. The number of thiazole rings is 1. The molecule has 0 unspecified atom stereocenters. The van der Waals surface area contributed by atoms with Crippen molar-refractivity contribution in [2.24, 2.45) is 0 Å². The van der Waals surface area contributed by atoms with Gasteiger partial charge in [-0.15, -0.1) is 11.3 Å². The second kappa shape index (κ2) is 5.11. The summed E-state index contributed by atoms with van der Waals surface area (Å²) in [6.45, 7) is 0. The molecule has 0 spiro atoms. The Morgan fingerprint density at radius 1 is 0.800 bits per heavy atom. The van der Waals surface area contributed by atoms with E-state index in [-0.39, 0.29) is 11.5 Å². The fourth-order valence-electron chi connectivity index (χ4n) is 1.98. The Morgan fingerprint density at radius 2 is 1.30 bits per heavy atom. The van der Waals surface area contributed by atoms with E-state index in [9.17, 15) is 10.2 Å². The number of benzene rings is 2. The Morgan fingerprint density at radius 3 is 1.85 bits per heavy atom. The van der Waals surface area contributed by atoms with Crippen LogP contribution < -0.4 is 0 Å². The monoisotopic (exact) mass is 301 g/mol. The number of aromatic nitrogens is 1. The van der Waals surface area contributed by atoms with Crippen LogP contribution in [-0.2, 0) is 0 Å². The number of H-pyrrole nitrogens is 1. The molecule has 0 fully saturated rings. The Hall–Kier alpha value is -2.11. The second-order valence-corrected chi connectivity index (χ2v) is 6.00. The molecule has 1 aromatic heterocycles. The maximum Gasteiger partial charge on any atom is 0.159 e. The van der Waals surface area contributed by atoms with Gasteiger partial charge in [0.15, 0.2) is 3.95 Å². The predicted octanol–water partition coefficient (Wildman–Crippen LogP) is 4.55. The minimum Gasteiger partial charge on any atom is -0.508 e. The summed E-state index contributed by atoms with van der Waals surface area (Å²) >= 11 is 6.72. The minimum atomic E-state index is 0.230. The van der Waals surface area contributed by atoms with Crippen molar-refractivity contribution in [3.8, 4) is 33.2 Å². The molecule has 3 rings (SSSR count). The lowest BCUT2D eigenvalue weighted by molar-refractivity contribution is 0.475. The molecule has 0 saturated carbocycles. The summed E-state index contributed by atoms with van der Waals surface area (Å²) in [6, 6.07) is 14.0. The summed E-state index contributed by atoms with van der Waals surface area (Å²) in [5.41, 5.74) is 2.87. The van der Waals surface area contributed by atoms with Crippen LogP contribution in [0.15, 0.2) is 48.5 Å². The van der Waals surface area contributed by atoms with Gasteiger partial charge in [0.25, 0.3) is 0 Å². The lowest BCUT2D eigenvalue weighted by Gasteiger charge is -2.04. The molecule has 0 atom stereocenters. The van der Waals surface area contributed by atoms with E-state index < -0.39 is 0 Å². The van der Waals surface area contributed by atoms with Crippen LogP contribution in [0.1, 0.15) is 0 Å². The van der Waals surface area contributed by atoms with E-state index >= 15 is 0 Å². The van der Waals surface area contributed by atoms with Crippen molar-refractivity contribution in [3.63, 3.8) is 0 Å². The molecule has 100 valence electrons. The Balaban J connectivity index is 2.15. The first-order chi connectivity index (χ1) is 9.63. The van der Waals surface area contributed by atoms with Gasteiger partial charge in [-0.2, -0.15) is 0 Å². The Bertz CT molecular complexity index is 720. The lowest BCUT2D eigenvalue weighted by atomic mass is 10.1. The van der Waals surface area contributed by atoms with Gasteiger partial charge in [0.2, 0.25) is 0 Å². The molecular formula is C15H11NO2S2. The standard InChI is InChI=1S/C15H11NO2S2/c17-11-5-1-9(2-6-11)13-14(20-15(19)16-13)10-3-7-12(18)8-4-10/h1-8,17-18H,(H,16,19). The first kappa shape index (κ1) is 12.9. The molecule has 3 N–H and O–H groups in total. The first-order valence-electron chi connectivity index (χ1n) is 5.95. The molecule has 20 heavy (non-hydrogen) atoms. The van der Waals surface area contributed by atoms with Crippen LogP contribution in [0.2, 0.25) is 0 Å². The third-order valence-electron chi connectivity index (χ3n) is 2.93. The average Bonchev–Trinajstić information content (AvgIpc) is 2.82. The molecule has 3 aromatic rings. The molecule has 0 radical (unpaired) electrons.